The molecule has 12 heteroatoms. The third-order valence-electron chi connectivity index (χ3n) is 5.06. The van der Waals surface area contributed by atoms with Gasteiger partial charge >= 0.3 is 5.97 Å². The van der Waals surface area contributed by atoms with E-state index in [0.717, 1.165) is 0 Å². The monoisotopic (exact) mass is 494 g/mol. The van der Waals surface area contributed by atoms with Gasteiger partial charge in [0.05, 0.1) is 24.9 Å². The van der Waals surface area contributed by atoms with E-state index in [-0.39, 0.29) is 24.8 Å². The molecule has 31 heavy (non-hydrogen) atoms. The number of morpholine rings is 1. The van der Waals surface area contributed by atoms with Gasteiger partial charge in [-0.1, -0.05) is 22.0 Å². The highest BCUT2D eigenvalue weighted by molar-refractivity contribution is 9.10. The molecular formula is C19H20BrFN6O4. The first-order valence-electron chi connectivity index (χ1n) is 9.53. The maximum Gasteiger partial charge on any atom is 0.335 e. The second kappa shape index (κ2) is 9.22. The molecule has 2 aliphatic heterocycles. The van der Waals surface area contributed by atoms with Crippen LogP contribution < -0.4 is 5.32 Å². The number of aliphatic carboxylic acids is 1. The van der Waals surface area contributed by atoms with Gasteiger partial charge in [-0.05, 0) is 17.7 Å². The minimum atomic E-state index is -1.14. The molecule has 3 heterocycles. The SMILES string of the molecule is O=C(O)C1=C(CN2CCO[C@@H](CO)C2)NC(c2ncn[nH]2)=NC1c1ccc(F)cc1Br. The zero-order valence-electron chi connectivity index (χ0n) is 16.3. The molecular weight excluding hydrogens is 475 g/mol. The second-order valence-corrected chi connectivity index (χ2v) is 7.97. The number of aromatic nitrogens is 3. The molecule has 0 spiro atoms. The Hall–Kier alpha value is -2.67. The summed E-state index contributed by atoms with van der Waals surface area (Å²) in [6.45, 7) is 1.61. The summed E-state index contributed by atoms with van der Waals surface area (Å²) in [5, 5.41) is 29.1. The third-order valence-corrected chi connectivity index (χ3v) is 5.75. The number of benzene rings is 1. The molecule has 2 aromatic rings. The van der Waals surface area contributed by atoms with Crippen molar-refractivity contribution in [3.8, 4) is 0 Å². The van der Waals surface area contributed by atoms with Crippen molar-refractivity contribution in [2.45, 2.75) is 12.1 Å². The standard InChI is InChI=1S/C19H20BrFN6O4/c20-13-5-10(21)1-2-12(13)16-15(19(29)30)14(7-27-3-4-31-11(6-27)8-28)24-18(25-16)17-22-9-23-26-17/h1-2,5,9,11,16,28H,3-4,6-8H2,(H,24,25)(H,29,30)(H,22,23,26)/t11-,16?/m1/s1. The first kappa shape index (κ1) is 21.6. The van der Waals surface area contributed by atoms with Gasteiger partial charge < -0.3 is 20.3 Å². The van der Waals surface area contributed by atoms with E-state index in [1.54, 1.807) is 0 Å². The lowest BCUT2D eigenvalue weighted by Crippen LogP contribution is -2.47. The van der Waals surface area contributed by atoms with Gasteiger partial charge in [-0.3, -0.25) is 15.0 Å². The number of aliphatic hydroxyl groups is 1. The smallest absolute Gasteiger partial charge is 0.335 e. The summed E-state index contributed by atoms with van der Waals surface area (Å²) in [4.78, 5) is 23.0. The van der Waals surface area contributed by atoms with Crippen molar-refractivity contribution in [3.63, 3.8) is 0 Å². The normalized spacial score (nSPS) is 22.2. The average molecular weight is 495 g/mol. The number of rotatable bonds is 6. The van der Waals surface area contributed by atoms with Crippen LogP contribution in [0.4, 0.5) is 4.39 Å². The van der Waals surface area contributed by atoms with Gasteiger partial charge in [0.2, 0.25) is 0 Å². The van der Waals surface area contributed by atoms with Crippen LogP contribution in [0.1, 0.15) is 17.4 Å². The minimum absolute atomic E-state index is 0.0441. The van der Waals surface area contributed by atoms with Crippen molar-refractivity contribution in [1.29, 1.82) is 0 Å². The number of nitrogens with zero attached hydrogens (tertiary/aromatic N) is 4. The summed E-state index contributed by atoms with van der Waals surface area (Å²) in [5.74, 6) is -0.921. The summed E-state index contributed by atoms with van der Waals surface area (Å²) in [6.07, 6.45) is 0.988. The van der Waals surface area contributed by atoms with Crippen LogP contribution in [-0.2, 0) is 9.53 Å². The largest absolute Gasteiger partial charge is 0.478 e. The van der Waals surface area contributed by atoms with Crippen molar-refractivity contribution in [3.05, 3.63) is 57.5 Å². The number of halogens is 2. The van der Waals surface area contributed by atoms with Crippen molar-refractivity contribution in [2.75, 3.05) is 32.8 Å². The number of amidine groups is 1. The van der Waals surface area contributed by atoms with Crippen molar-refractivity contribution in [2.24, 2.45) is 4.99 Å². The lowest BCUT2D eigenvalue weighted by molar-refractivity contribution is -0.133. The van der Waals surface area contributed by atoms with Gasteiger partial charge in [0, 0.05) is 29.8 Å². The number of hydrogen-bond donors (Lipinski definition) is 4. The fourth-order valence-corrected chi connectivity index (χ4v) is 4.19. The fourth-order valence-electron chi connectivity index (χ4n) is 3.62. The molecule has 4 rings (SSSR count). The first-order valence-corrected chi connectivity index (χ1v) is 10.3. The Morgan fingerprint density at radius 1 is 1.42 bits per heavy atom. The van der Waals surface area contributed by atoms with Crippen LogP contribution in [0.3, 0.4) is 0 Å². The van der Waals surface area contributed by atoms with Gasteiger partial charge in [-0.15, -0.1) is 0 Å². The number of hydrogen-bond acceptors (Lipinski definition) is 8. The van der Waals surface area contributed by atoms with Gasteiger partial charge in [0.1, 0.15) is 18.2 Å². The number of carboxylic acid groups (broad SMARTS) is 1. The Balaban J connectivity index is 1.76. The van der Waals surface area contributed by atoms with Crippen LogP contribution in [0.15, 0.2) is 45.3 Å². The number of carboxylic acids is 1. The molecule has 2 atom stereocenters. The molecule has 1 fully saturated rings. The predicted octanol–water partition coefficient (Wildman–Crippen LogP) is 0.829. The lowest BCUT2D eigenvalue weighted by Gasteiger charge is -2.34. The fraction of sp³-hybridized carbons (Fsp3) is 0.368. The van der Waals surface area contributed by atoms with E-state index >= 15 is 0 Å². The molecule has 0 saturated carbocycles. The molecule has 0 bridgehead atoms. The molecule has 2 aliphatic rings. The molecule has 4 N–H and O–H groups in total. The van der Waals surface area contributed by atoms with E-state index in [0.29, 0.717) is 47.1 Å². The number of aliphatic hydroxyl groups excluding tert-OH is 1. The van der Waals surface area contributed by atoms with E-state index in [9.17, 15) is 19.4 Å². The quantitative estimate of drug-likeness (QED) is 0.463. The molecule has 0 aliphatic carbocycles. The van der Waals surface area contributed by atoms with Crippen molar-refractivity contribution in [1.82, 2.24) is 25.4 Å². The Morgan fingerprint density at radius 2 is 2.26 bits per heavy atom. The topological polar surface area (TPSA) is 136 Å². The highest BCUT2D eigenvalue weighted by atomic mass is 79.9. The van der Waals surface area contributed by atoms with E-state index in [2.05, 4.69) is 41.4 Å². The third kappa shape index (κ3) is 4.66. The zero-order valence-corrected chi connectivity index (χ0v) is 17.8. The maximum absolute atomic E-state index is 13.7. The van der Waals surface area contributed by atoms with Crippen LogP contribution in [0.25, 0.3) is 0 Å². The predicted molar refractivity (Wildman–Crippen MR) is 111 cm³/mol. The van der Waals surface area contributed by atoms with Gasteiger partial charge in [-0.2, -0.15) is 5.10 Å². The number of nitrogens with one attached hydrogen (secondary N) is 2. The van der Waals surface area contributed by atoms with E-state index < -0.39 is 17.8 Å². The van der Waals surface area contributed by atoms with Crippen molar-refractivity contribution < 1.29 is 24.1 Å². The molecule has 0 radical (unpaired) electrons. The summed E-state index contributed by atoms with van der Waals surface area (Å²) >= 11 is 3.33. The van der Waals surface area contributed by atoms with Crippen molar-refractivity contribution >= 4 is 27.7 Å². The Morgan fingerprint density at radius 3 is 2.94 bits per heavy atom. The van der Waals surface area contributed by atoms with Gasteiger partial charge in [0.25, 0.3) is 0 Å². The summed E-state index contributed by atoms with van der Waals surface area (Å²) in [5.41, 5.74) is 0.973. The number of ether oxygens (including phenoxy) is 1. The number of carbonyl (C=O) groups is 1. The van der Waals surface area contributed by atoms with Crippen LogP contribution in [0.2, 0.25) is 0 Å². The molecule has 1 saturated heterocycles. The van der Waals surface area contributed by atoms with Crippen LogP contribution >= 0.6 is 15.9 Å². The molecule has 0 amide bonds. The average Bonchev–Trinajstić information content (AvgIpc) is 3.28. The van der Waals surface area contributed by atoms with E-state index in [1.165, 1.54) is 24.5 Å². The molecule has 10 nitrogen and oxygen atoms in total. The maximum atomic E-state index is 13.7. The van der Waals surface area contributed by atoms with Crippen LogP contribution in [0.5, 0.6) is 0 Å². The molecule has 1 aromatic heterocycles. The van der Waals surface area contributed by atoms with Gasteiger partial charge in [0.15, 0.2) is 11.7 Å². The first-order chi connectivity index (χ1) is 15.0. The van der Waals surface area contributed by atoms with E-state index in [4.69, 9.17) is 4.74 Å². The Bertz CT molecular complexity index is 1030. The molecule has 1 unspecified atom stereocenters. The summed E-state index contributed by atoms with van der Waals surface area (Å²) < 4.78 is 19.5. The van der Waals surface area contributed by atoms with Crippen LogP contribution in [-0.4, -0.2) is 81.1 Å². The Labute approximate surface area is 185 Å². The second-order valence-electron chi connectivity index (χ2n) is 7.11. The van der Waals surface area contributed by atoms with E-state index in [1.807, 2.05) is 4.90 Å². The lowest BCUT2D eigenvalue weighted by atomic mass is 9.95. The van der Waals surface area contributed by atoms with Crippen LogP contribution in [0, 0.1) is 5.82 Å². The number of aliphatic imine (C=N–C) groups is 1. The number of aromatic amines is 1. The minimum Gasteiger partial charge on any atom is -0.478 e. The highest BCUT2D eigenvalue weighted by Gasteiger charge is 2.34. The Kier molecular flexibility index (Phi) is 6.41. The highest BCUT2D eigenvalue weighted by Crippen LogP contribution is 2.36. The summed E-state index contributed by atoms with van der Waals surface area (Å²) in [7, 11) is 0. The number of H-pyrrole nitrogens is 1. The zero-order chi connectivity index (χ0) is 22.0. The van der Waals surface area contributed by atoms with Gasteiger partial charge in [-0.25, -0.2) is 14.2 Å². The molecule has 164 valence electrons. The summed E-state index contributed by atoms with van der Waals surface area (Å²) in [6, 6.07) is 3.14. The molecule has 1 aromatic carbocycles.